The summed E-state index contributed by atoms with van der Waals surface area (Å²) in [5, 5.41) is 25.1. The van der Waals surface area contributed by atoms with Gasteiger partial charge in [0.15, 0.2) is 0 Å². The molecule has 1 aromatic heterocycles. The number of nitrogens with zero attached hydrogens (tertiary/aromatic N) is 2. The number of carbonyl (C=O) groups excluding carboxylic acids is 4. The molecule has 14 heteroatoms. The monoisotopic (exact) mass is 921 g/mol. The van der Waals surface area contributed by atoms with Crippen molar-refractivity contribution in [1.82, 2.24) is 9.47 Å². The quantitative estimate of drug-likeness (QED) is 0.157. The zero-order valence-electron chi connectivity index (χ0n) is 40.9. The molecule has 0 unspecified atom stereocenters. The highest BCUT2D eigenvalue weighted by molar-refractivity contribution is 6.39. The average Bonchev–Trinajstić information content (AvgIpc) is 3.68. The number of allylic oxidation sites excluding steroid dienone is 3. The summed E-state index contributed by atoms with van der Waals surface area (Å²) >= 11 is 0. The van der Waals surface area contributed by atoms with Gasteiger partial charge in [0.2, 0.25) is 5.79 Å². The number of hydrogen-bond donors (Lipinski definition) is 2. The number of Topliss-reactive ketones (excluding diaryl/α,β-unsaturated/α-hetero) is 2. The van der Waals surface area contributed by atoms with Gasteiger partial charge in [-0.05, 0) is 120 Å². The van der Waals surface area contributed by atoms with Gasteiger partial charge in [-0.25, -0.2) is 4.79 Å². The maximum Gasteiger partial charge on any atom is 0.329 e. The number of ketones is 2. The second kappa shape index (κ2) is 22.5. The molecule has 1 aromatic carbocycles. The Bertz CT molecular complexity index is 2080. The number of piperidine rings is 1. The fourth-order valence-corrected chi connectivity index (χ4v) is 11.0. The predicted octanol–water partition coefficient (Wildman–Crippen LogP) is 7.05. The standard InChI is InChI=1S/C52H76N2O12/c1-11-36-23-30(2)22-31(3)24-45(62-9)48-46(63-10)26-33(5)52(60,66-48)49(57)50(58)54-20-13-12-14-40(54)51(59)65-47(34(6)41(55)29-42(36)56)32(4)25-35-15-18-43(44(27-35)61-8)64-38-16-17-39-37(28-38)19-21-53(39)7/h16-17,19,21,23,25,28,31,33-36,40-41,43-48,55,60H,11-15,18,20,22,24,26-27,29H2,1-10H3/b30-23+,32-25+/t31-,33+,34+,35-,36+,40-,41-,43+,44+,45-,46-,47+,48+,52+/m0/s1. The maximum absolute atomic E-state index is 14.5. The van der Waals surface area contributed by atoms with Gasteiger partial charge in [0.1, 0.15) is 35.9 Å². The van der Waals surface area contributed by atoms with Crippen LogP contribution in [0.4, 0.5) is 0 Å². The number of amides is 1. The molecule has 4 aliphatic rings. The molecule has 0 spiro atoms. The zero-order valence-corrected chi connectivity index (χ0v) is 40.9. The number of aromatic nitrogens is 1. The molecular weight excluding hydrogens is 845 g/mol. The summed E-state index contributed by atoms with van der Waals surface area (Å²) in [6.07, 6.45) is 6.67. The number of aliphatic hydroxyl groups excluding tert-OH is 1. The van der Waals surface area contributed by atoms with Crippen molar-refractivity contribution in [2.45, 2.75) is 167 Å². The van der Waals surface area contributed by atoms with E-state index < -0.39 is 77.8 Å². The SMILES string of the molecule is CC[C@@H]1/C=C(\C)C[C@H](C)C[C@H](OC)[C@H]2O[C@@](O)(C(=O)C(=O)N3CCCC[C@H]3C(=O)O[C@H](/C(C)=C/[C@@H]3CC[C@@H](Oc4ccc5c(ccn5C)c4)[C@H](OC)C3)[C@H](C)[C@@H](O)CC1=O)[C@H](C)C[C@@H]2OC. The Balaban J connectivity index is 1.30. The van der Waals surface area contributed by atoms with E-state index in [1.165, 1.54) is 12.0 Å². The van der Waals surface area contributed by atoms with Crippen LogP contribution in [0.15, 0.2) is 53.8 Å². The van der Waals surface area contributed by atoms with Gasteiger partial charge in [0, 0.05) is 76.2 Å². The lowest BCUT2D eigenvalue weighted by Crippen LogP contribution is -2.64. The molecule has 2 aromatic rings. The third-order valence-corrected chi connectivity index (χ3v) is 15.0. The van der Waals surface area contributed by atoms with Gasteiger partial charge in [-0.3, -0.25) is 14.4 Å². The van der Waals surface area contributed by atoms with E-state index >= 15 is 0 Å². The predicted molar refractivity (Wildman–Crippen MR) is 249 cm³/mol. The van der Waals surface area contributed by atoms with Crippen LogP contribution in [-0.4, -0.2) is 126 Å². The Morgan fingerprint density at radius 3 is 2.32 bits per heavy atom. The van der Waals surface area contributed by atoms with E-state index in [9.17, 15) is 29.4 Å². The molecule has 2 saturated heterocycles. The third kappa shape index (κ3) is 11.5. The van der Waals surface area contributed by atoms with Crippen LogP contribution in [0.5, 0.6) is 5.75 Å². The zero-order chi connectivity index (χ0) is 48.0. The largest absolute Gasteiger partial charge is 0.488 e. The smallest absolute Gasteiger partial charge is 0.329 e. The molecule has 2 bridgehead atoms. The van der Waals surface area contributed by atoms with Gasteiger partial charge in [-0.2, -0.15) is 0 Å². The van der Waals surface area contributed by atoms with Gasteiger partial charge in [-0.1, -0.05) is 45.4 Å². The first kappa shape index (κ1) is 51.5. The number of carbonyl (C=O) groups is 4. The first-order chi connectivity index (χ1) is 31.4. The number of cyclic esters (lactones) is 1. The molecule has 14 atom stereocenters. The lowest BCUT2D eigenvalue weighted by molar-refractivity contribution is -0.302. The fourth-order valence-electron chi connectivity index (χ4n) is 11.0. The highest BCUT2D eigenvalue weighted by atomic mass is 16.7. The molecule has 4 heterocycles. The van der Waals surface area contributed by atoms with Crippen LogP contribution in [0.3, 0.4) is 0 Å². The van der Waals surface area contributed by atoms with Crippen molar-refractivity contribution < 1.29 is 57.8 Å². The number of methoxy groups -OCH3 is 3. The number of hydrogen-bond acceptors (Lipinski definition) is 12. The molecule has 0 radical (unpaired) electrons. The van der Waals surface area contributed by atoms with Gasteiger partial charge in [0.05, 0.1) is 24.4 Å². The third-order valence-electron chi connectivity index (χ3n) is 15.0. The number of rotatable bonds is 8. The number of aryl methyl sites for hydroxylation is 1. The van der Waals surface area contributed by atoms with Crippen molar-refractivity contribution in [3.63, 3.8) is 0 Å². The van der Waals surface area contributed by atoms with Crippen LogP contribution in [0.1, 0.15) is 112 Å². The lowest BCUT2D eigenvalue weighted by Gasteiger charge is -2.47. The van der Waals surface area contributed by atoms with E-state index in [1.807, 2.05) is 58.3 Å². The van der Waals surface area contributed by atoms with Crippen molar-refractivity contribution in [1.29, 1.82) is 0 Å². The molecule has 14 nitrogen and oxygen atoms in total. The van der Waals surface area contributed by atoms with Gasteiger partial charge < -0.3 is 48.1 Å². The van der Waals surface area contributed by atoms with Crippen molar-refractivity contribution in [3.8, 4) is 5.75 Å². The summed E-state index contributed by atoms with van der Waals surface area (Å²) in [7, 11) is 6.77. The Morgan fingerprint density at radius 1 is 0.909 bits per heavy atom. The molecule has 1 aliphatic carbocycles. The minimum Gasteiger partial charge on any atom is -0.488 e. The number of benzene rings is 1. The van der Waals surface area contributed by atoms with Crippen LogP contribution >= 0.6 is 0 Å². The van der Waals surface area contributed by atoms with E-state index in [-0.39, 0.29) is 55.6 Å². The minimum atomic E-state index is -2.51. The Morgan fingerprint density at radius 2 is 1.62 bits per heavy atom. The van der Waals surface area contributed by atoms with Crippen molar-refractivity contribution >= 4 is 34.3 Å². The number of esters is 1. The summed E-state index contributed by atoms with van der Waals surface area (Å²) in [6.45, 7) is 11.4. The average molecular weight is 921 g/mol. The summed E-state index contributed by atoms with van der Waals surface area (Å²) < 4.78 is 39.1. The number of fused-ring (bicyclic) bond motifs is 4. The van der Waals surface area contributed by atoms with Gasteiger partial charge in [-0.15, -0.1) is 0 Å². The lowest BCUT2D eigenvalue weighted by atomic mass is 9.81. The van der Waals surface area contributed by atoms with E-state index in [2.05, 4.69) is 23.6 Å². The Hall–Kier alpha value is -3.92. The summed E-state index contributed by atoms with van der Waals surface area (Å²) in [6, 6.07) is 6.99. The molecule has 366 valence electrons. The first-order valence-corrected chi connectivity index (χ1v) is 24.2. The first-order valence-electron chi connectivity index (χ1n) is 24.2. The molecule has 66 heavy (non-hydrogen) atoms. The molecule has 1 saturated carbocycles. The van der Waals surface area contributed by atoms with Gasteiger partial charge in [0.25, 0.3) is 11.7 Å². The van der Waals surface area contributed by atoms with Crippen LogP contribution in [0.2, 0.25) is 0 Å². The van der Waals surface area contributed by atoms with Crippen molar-refractivity contribution in [2.24, 2.45) is 36.6 Å². The normalized spacial score (nSPS) is 37.1. The topological polar surface area (TPSA) is 172 Å². The fraction of sp³-hybridized carbons (Fsp3) is 0.692. The van der Waals surface area contributed by atoms with Crippen LogP contribution in [0.25, 0.3) is 10.9 Å². The molecule has 1 amide bonds. The summed E-state index contributed by atoms with van der Waals surface area (Å²) in [5.41, 5.74) is 2.81. The van der Waals surface area contributed by atoms with Crippen LogP contribution in [-0.2, 0) is 49.9 Å². The van der Waals surface area contributed by atoms with E-state index in [4.69, 9.17) is 28.4 Å². The van der Waals surface area contributed by atoms with Crippen molar-refractivity contribution in [2.75, 3.05) is 27.9 Å². The highest BCUT2D eigenvalue weighted by Gasteiger charge is 2.56. The van der Waals surface area contributed by atoms with Crippen LogP contribution in [0, 0.1) is 29.6 Å². The Labute approximate surface area is 391 Å². The number of aliphatic hydroxyl groups is 2. The Kier molecular flexibility index (Phi) is 17.5. The molecule has 2 N–H and O–H groups in total. The van der Waals surface area contributed by atoms with E-state index in [0.29, 0.717) is 50.5 Å². The second-order valence-corrected chi connectivity index (χ2v) is 19.9. The molecule has 3 aliphatic heterocycles. The number of ether oxygens (including phenoxy) is 6. The van der Waals surface area contributed by atoms with Gasteiger partial charge >= 0.3 is 5.97 Å². The minimum absolute atomic E-state index is 0.0176. The van der Waals surface area contributed by atoms with Crippen molar-refractivity contribution in [3.05, 3.63) is 53.8 Å². The molecule has 3 fully saturated rings. The molecular formula is C52H76N2O12. The second-order valence-electron chi connectivity index (χ2n) is 19.9. The molecule has 6 rings (SSSR count). The maximum atomic E-state index is 14.5. The summed E-state index contributed by atoms with van der Waals surface area (Å²) in [4.78, 5) is 58.5. The van der Waals surface area contributed by atoms with E-state index in [1.54, 1.807) is 28.1 Å². The van der Waals surface area contributed by atoms with E-state index in [0.717, 1.165) is 28.6 Å². The highest BCUT2D eigenvalue weighted by Crippen LogP contribution is 2.40. The van der Waals surface area contributed by atoms with Crippen LogP contribution < -0.4 is 4.74 Å². The summed E-state index contributed by atoms with van der Waals surface area (Å²) in [5.74, 6) is -6.70.